The summed E-state index contributed by atoms with van der Waals surface area (Å²) in [5.41, 5.74) is 1.30. The number of carbonyl (C=O) groups is 1. The number of amides is 1. The van der Waals surface area contributed by atoms with Crippen LogP contribution in [0.4, 0.5) is 0 Å². The van der Waals surface area contributed by atoms with Gasteiger partial charge in [0.2, 0.25) is 5.91 Å². The van der Waals surface area contributed by atoms with Crippen LogP contribution in [-0.2, 0) is 4.79 Å². The molecule has 1 N–H and O–H groups in total. The molecule has 1 saturated heterocycles. The van der Waals surface area contributed by atoms with Crippen molar-refractivity contribution in [3.8, 4) is 0 Å². The average Bonchev–Trinajstić information content (AvgIpc) is 2.53. The third kappa shape index (κ3) is 4.07. The maximum absolute atomic E-state index is 12.2. The first-order valence-corrected chi connectivity index (χ1v) is 7.64. The molecular formula is C17H25NO2. The molecule has 3 heteroatoms. The van der Waals surface area contributed by atoms with E-state index in [1.165, 1.54) is 5.56 Å². The minimum atomic E-state index is 0.257. The zero-order valence-corrected chi connectivity index (χ0v) is 12.3. The second-order valence-electron chi connectivity index (χ2n) is 5.86. The van der Waals surface area contributed by atoms with Crippen molar-refractivity contribution in [2.24, 2.45) is 5.92 Å². The fourth-order valence-electron chi connectivity index (χ4n) is 2.81. The zero-order chi connectivity index (χ0) is 14.4. The Morgan fingerprint density at radius 2 is 1.95 bits per heavy atom. The number of carbonyl (C=O) groups excluding carboxylic acids is 1. The van der Waals surface area contributed by atoms with Gasteiger partial charge in [-0.15, -0.1) is 0 Å². The standard InChI is InChI=1S/C17H25NO2/c1-14(16-5-3-2-4-6-16)7-8-17(20)18-11-9-15(13-19)10-12-18/h2-6,14-15,19H,7-13H2,1H3. The lowest BCUT2D eigenvalue weighted by atomic mass is 9.95. The van der Waals surface area contributed by atoms with Crippen LogP contribution in [0.3, 0.4) is 0 Å². The number of benzene rings is 1. The number of likely N-dealkylation sites (tertiary alicyclic amines) is 1. The summed E-state index contributed by atoms with van der Waals surface area (Å²) in [4.78, 5) is 14.2. The Kier molecular flexibility index (Phi) is 5.60. The molecule has 1 aliphatic rings. The van der Waals surface area contributed by atoms with Gasteiger partial charge in [0.15, 0.2) is 0 Å². The largest absolute Gasteiger partial charge is 0.396 e. The van der Waals surface area contributed by atoms with Crippen molar-refractivity contribution in [2.75, 3.05) is 19.7 Å². The van der Waals surface area contributed by atoms with Gasteiger partial charge in [-0.25, -0.2) is 0 Å². The maximum atomic E-state index is 12.2. The van der Waals surface area contributed by atoms with E-state index in [0.29, 0.717) is 18.3 Å². The molecule has 0 aliphatic carbocycles. The van der Waals surface area contributed by atoms with Crippen LogP contribution in [0.2, 0.25) is 0 Å². The number of rotatable bonds is 5. The molecule has 0 saturated carbocycles. The molecule has 1 aliphatic heterocycles. The van der Waals surface area contributed by atoms with Gasteiger partial charge in [-0.2, -0.15) is 0 Å². The molecule has 1 fully saturated rings. The number of hydrogen-bond acceptors (Lipinski definition) is 2. The van der Waals surface area contributed by atoms with E-state index < -0.39 is 0 Å². The number of nitrogens with zero attached hydrogens (tertiary/aromatic N) is 1. The third-order valence-electron chi connectivity index (χ3n) is 4.39. The van der Waals surface area contributed by atoms with Gasteiger partial charge in [-0.05, 0) is 36.7 Å². The molecule has 0 spiro atoms. The lowest BCUT2D eigenvalue weighted by Crippen LogP contribution is -2.39. The van der Waals surface area contributed by atoms with Gasteiger partial charge in [-0.3, -0.25) is 4.79 Å². The van der Waals surface area contributed by atoms with Crippen molar-refractivity contribution >= 4 is 5.91 Å². The molecule has 0 bridgehead atoms. The second-order valence-corrected chi connectivity index (χ2v) is 5.86. The van der Waals surface area contributed by atoms with Crippen LogP contribution in [0, 0.1) is 5.92 Å². The van der Waals surface area contributed by atoms with E-state index in [4.69, 9.17) is 5.11 Å². The van der Waals surface area contributed by atoms with Crippen molar-refractivity contribution in [3.05, 3.63) is 35.9 Å². The molecule has 0 radical (unpaired) electrons. The Hall–Kier alpha value is -1.35. The van der Waals surface area contributed by atoms with Crippen LogP contribution in [0.5, 0.6) is 0 Å². The predicted octanol–water partition coefficient (Wildman–Crippen LogP) is 2.80. The number of piperidine rings is 1. The van der Waals surface area contributed by atoms with Crippen LogP contribution in [-0.4, -0.2) is 35.6 Å². The number of aliphatic hydroxyl groups excluding tert-OH is 1. The van der Waals surface area contributed by atoms with E-state index in [2.05, 4.69) is 19.1 Å². The van der Waals surface area contributed by atoms with Crippen molar-refractivity contribution in [3.63, 3.8) is 0 Å². The number of aliphatic hydroxyl groups is 1. The van der Waals surface area contributed by atoms with Gasteiger partial charge in [0.1, 0.15) is 0 Å². The summed E-state index contributed by atoms with van der Waals surface area (Å²) in [6.45, 7) is 4.06. The molecule has 0 aromatic heterocycles. The fourth-order valence-corrected chi connectivity index (χ4v) is 2.81. The molecule has 2 rings (SSSR count). The van der Waals surface area contributed by atoms with E-state index in [-0.39, 0.29) is 12.5 Å². The Labute approximate surface area is 121 Å². The van der Waals surface area contributed by atoms with Gasteiger partial charge in [0, 0.05) is 26.1 Å². The maximum Gasteiger partial charge on any atom is 0.222 e. The Bertz CT molecular complexity index is 410. The van der Waals surface area contributed by atoms with Crippen molar-refractivity contribution in [1.82, 2.24) is 4.90 Å². The predicted molar refractivity (Wildman–Crippen MR) is 80.5 cm³/mol. The summed E-state index contributed by atoms with van der Waals surface area (Å²) >= 11 is 0. The number of hydrogen-bond donors (Lipinski definition) is 1. The van der Waals surface area contributed by atoms with Crippen LogP contribution >= 0.6 is 0 Å². The van der Waals surface area contributed by atoms with Gasteiger partial charge < -0.3 is 10.0 Å². The Morgan fingerprint density at radius 1 is 1.30 bits per heavy atom. The third-order valence-corrected chi connectivity index (χ3v) is 4.39. The highest BCUT2D eigenvalue weighted by Crippen LogP contribution is 2.22. The van der Waals surface area contributed by atoms with E-state index in [0.717, 1.165) is 32.4 Å². The second kappa shape index (κ2) is 7.44. The Morgan fingerprint density at radius 3 is 2.55 bits per heavy atom. The topological polar surface area (TPSA) is 40.5 Å². The molecule has 1 amide bonds. The van der Waals surface area contributed by atoms with Crippen LogP contribution in [0.15, 0.2) is 30.3 Å². The highest BCUT2D eigenvalue weighted by Gasteiger charge is 2.22. The van der Waals surface area contributed by atoms with Crippen LogP contribution < -0.4 is 0 Å². The van der Waals surface area contributed by atoms with Gasteiger partial charge in [0.25, 0.3) is 0 Å². The summed E-state index contributed by atoms with van der Waals surface area (Å²) in [5, 5.41) is 9.11. The van der Waals surface area contributed by atoms with Gasteiger partial charge >= 0.3 is 0 Å². The summed E-state index contributed by atoms with van der Waals surface area (Å²) in [6, 6.07) is 10.4. The molecule has 20 heavy (non-hydrogen) atoms. The van der Waals surface area contributed by atoms with Crippen molar-refractivity contribution < 1.29 is 9.90 Å². The molecule has 3 nitrogen and oxygen atoms in total. The van der Waals surface area contributed by atoms with Gasteiger partial charge in [-0.1, -0.05) is 37.3 Å². The first-order valence-electron chi connectivity index (χ1n) is 7.64. The van der Waals surface area contributed by atoms with E-state index >= 15 is 0 Å². The van der Waals surface area contributed by atoms with Crippen LogP contribution in [0.1, 0.15) is 44.1 Å². The summed E-state index contributed by atoms with van der Waals surface area (Å²) in [6.07, 6.45) is 3.41. The molecule has 1 unspecified atom stereocenters. The minimum absolute atomic E-state index is 0.257. The molecular weight excluding hydrogens is 250 g/mol. The van der Waals surface area contributed by atoms with Crippen molar-refractivity contribution in [2.45, 2.75) is 38.5 Å². The summed E-state index contributed by atoms with van der Waals surface area (Å²) < 4.78 is 0. The highest BCUT2D eigenvalue weighted by atomic mass is 16.3. The lowest BCUT2D eigenvalue weighted by molar-refractivity contribution is -0.133. The first-order chi connectivity index (χ1) is 9.70. The lowest BCUT2D eigenvalue weighted by Gasteiger charge is -2.31. The average molecular weight is 275 g/mol. The molecule has 1 heterocycles. The quantitative estimate of drug-likeness (QED) is 0.897. The molecule has 1 atom stereocenters. The van der Waals surface area contributed by atoms with Crippen molar-refractivity contribution in [1.29, 1.82) is 0 Å². The van der Waals surface area contributed by atoms with E-state index in [1.54, 1.807) is 0 Å². The summed E-state index contributed by atoms with van der Waals surface area (Å²) in [7, 11) is 0. The smallest absolute Gasteiger partial charge is 0.222 e. The molecule has 1 aromatic carbocycles. The monoisotopic (exact) mass is 275 g/mol. The Balaban J connectivity index is 1.75. The van der Waals surface area contributed by atoms with Crippen LogP contribution in [0.25, 0.3) is 0 Å². The fraction of sp³-hybridized carbons (Fsp3) is 0.588. The van der Waals surface area contributed by atoms with Gasteiger partial charge in [0.05, 0.1) is 0 Å². The van der Waals surface area contributed by atoms with E-state index in [9.17, 15) is 4.79 Å². The minimum Gasteiger partial charge on any atom is -0.396 e. The highest BCUT2D eigenvalue weighted by molar-refractivity contribution is 5.76. The van der Waals surface area contributed by atoms with E-state index in [1.807, 2.05) is 23.1 Å². The SMILES string of the molecule is CC(CCC(=O)N1CCC(CO)CC1)c1ccccc1. The first kappa shape index (κ1) is 15.0. The molecule has 1 aromatic rings. The molecule has 110 valence electrons. The summed E-state index contributed by atoms with van der Waals surface area (Å²) in [5.74, 6) is 1.08. The normalized spacial score (nSPS) is 18.0. The zero-order valence-electron chi connectivity index (χ0n) is 12.3.